The molecule has 3 heterocycles. The molecule has 1 saturated heterocycles. The highest BCUT2D eigenvalue weighted by Crippen LogP contribution is 2.22. The van der Waals surface area contributed by atoms with Gasteiger partial charge in [0.05, 0.1) is 31.8 Å². The summed E-state index contributed by atoms with van der Waals surface area (Å²) in [5.41, 5.74) is 0. The number of hydrogen-bond acceptors (Lipinski definition) is 7. The summed E-state index contributed by atoms with van der Waals surface area (Å²) in [4.78, 5) is 22.6. The highest BCUT2D eigenvalue weighted by Gasteiger charge is 2.15. The van der Waals surface area contributed by atoms with Crippen LogP contribution in [0.15, 0.2) is 34.0 Å². The molecule has 1 aliphatic rings. The lowest BCUT2D eigenvalue weighted by atomic mass is 10.4. The molecule has 0 atom stereocenters. The second kappa shape index (κ2) is 8.36. The van der Waals surface area contributed by atoms with Crippen molar-refractivity contribution in [1.82, 2.24) is 15.3 Å². The average molecular weight is 369 g/mol. The average Bonchev–Trinajstić information content (AvgIpc) is 3.12. The Labute approximate surface area is 148 Å². The predicted molar refractivity (Wildman–Crippen MR) is 91.4 cm³/mol. The first kappa shape index (κ1) is 17.1. The maximum Gasteiger partial charge on any atom is 0.230 e. The van der Waals surface area contributed by atoms with Gasteiger partial charge in [0.1, 0.15) is 16.7 Å². The van der Waals surface area contributed by atoms with E-state index in [0.717, 1.165) is 18.9 Å². The first-order valence-corrected chi connectivity index (χ1v) is 8.86. The van der Waals surface area contributed by atoms with Gasteiger partial charge in [-0.3, -0.25) is 4.79 Å². The maximum atomic E-state index is 11.9. The van der Waals surface area contributed by atoms with Gasteiger partial charge in [0, 0.05) is 19.2 Å². The Bertz CT molecular complexity index is 677. The molecular weight excluding hydrogens is 352 g/mol. The van der Waals surface area contributed by atoms with E-state index in [-0.39, 0.29) is 11.7 Å². The van der Waals surface area contributed by atoms with Crippen molar-refractivity contribution >= 4 is 35.1 Å². The van der Waals surface area contributed by atoms with E-state index < -0.39 is 0 Å². The van der Waals surface area contributed by atoms with Gasteiger partial charge in [0.2, 0.25) is 5.91 Å². The van der Waals surface area contributed by atoms with Gasteiger partial charge in [0.15, 0.2) is 5.16 Å². The van der Waals surface area contributed by atoms with Crippen LogP contribution < -0.4 is 10.2 Å². The van der Waals surface area contributed by atoms with Crippen LogP contribution >= 0.6 is 23.4 Å². The molecule has 1 fully saturated rings. The van der Waals surface area contributed by atoms with E-state index in [1.807, 2.05) is 6.07 Å². The van der Waals surface area contributed by atoms with Gasteiger partial charge >= 0.3 is 0 Å². The topological polar surface area (TPSA) is 80.5 Å². The van der Waals surface area contributed by atoms with Crippen molar-refractivity contribution in [2.45, 2.75) is 11.7 Å². The second-order valence-corrected chi connectivity index (χ2v) is 6.41. The van der Waals surface area contributed by atoms with Gasteiger partial charge < -0.3 is 19.4 Å². The Morgan fingerprint density at radius 2 is 2.21 bits per heavy atom. The molecule has 7 nitrogen and oxygen atoms in total. The molecule has 1 amide bonds. The fourth-order valence-electron chi connectivity index (χ4n) is 2.18. The molecule has 24 heavy (non-hydrogen) atoms. The fraction of sp³-hybridized carbons (Fsp3) is 0.400. The number of hydrogen-bond donors (Lipinski definition) is 1. The van der Waals surface area contributed by atoms with E-state index in [0.29, 0.717) is 35.8 Å². The van der Waals surface area contributed by atoms with E-state index in [9.17, 15) is 4.79 Å². The normalized spacial score (nSPS) is 14.6. The molecule has 0 saturated carbocycles. The third-order valence-electron chi connectivity index (χ3n) is 3.37. The number of halogens is 1. The van der Waals surface area contributed by atoms with Crippen LogP contribution in [0.5, 0.6) is 0 Å². The molecule has 9 heteroatoms. The summed E-state index contributed by atoms with van der Waals surface area (Å²) in [5, 5.41) is 3.63. The molecule has 0 spiro atoms. The zero-order valence-electron chi connectivity index (χ0n) is 12.9. The number of rotatable bonds is 6. The molecule has 0 aromatic carbocycles. The predicted octanol–water partition coefficient (Wildman–Crippen LogP) is 1.97. The van der Waals surface area contributed by atoms with Crippen molar-refractivity contribution < 1.29 is 13.9 Å². The molecule has 3 rings (SSSR count). The second-order valence-electron chi connectivity index (χ2n) is 5.08. The first-order valence-electron chi connectivity index (χ1n) is 7.50. The maximum absolute atomic E-state index is 11.9. The van der Waals surface area contributed by atoms with Crippen molar-refractivity contribution in [1.29, 1.82) is 0 Å². The Hall–Kier alpha value is -1.77. The molecule has 2 aromatic heterocycles. The lowest BCUT2D eigenvalue weighted by molar-refractivity contribution is -0.118. The molecule has 128 valence electrons. The molecule has 1 N–H and O–H groups in total. The van der Waals surface area contributed by atoms with Gasteiger partial charge in [0.25, 0.3) is 0 Å². The molecule has 0 bridgehead atoms. The lowest BCUT2D eigenvalue weighted by Crippen LogP contribution is -2.36. The summed E-state index contributed by atoms with van der Waals surface area (Å²) < 4.78 is 10.5. The number of aromatic nitrogens is 2. The highest BCUT2D eigenvalue weighted by atomic mass is 35.5. The summed E-state index contributed by atoms with van der Waals surface area (Å²) in [5.74, 6) is 1.57. The van der Waals surface area contributed by atoms with Gasteiger partial charge in [-0.2, -0.15) is 0 Å². The zero-order chi connectivity index (χ0) is 16.8. The van der Waals surface area contributed by atoms with Crippen LogP contribution in [0.4, 0.5) is 5.82 Å². The zero-order valence-corrected chi connectivity index (χ0v) is 14.5. The quantitative estimate of drug-likeness (QED) is 0.474. The van der Waals surface area contributed by atoms with Crippen molar-refractivity contribution in [3.05, 3.63) is 35.4 Å². The number of nitrogens with one attached hydrogen (secondary N) is 1. The SMILES string of the molecule is O=C(CSc1nc(Cl)cc(N2CCOCC2)n1)NCc1ccco1. The Morgan fingerprint density at radius 3 is 2.96 bits per heavy atom. The molecule has 2 aromatic rings. The van der Waals surface area contributed by atoms with Crippen LogP contribution in [0.25, 0.3) is 0 Å². The summed E-state index contributed by atoms with van der Waals surface area (Å²) in [6.45, 7) is 3.22. The summed E-state index contributed by atoms with van der Waals surface area (Å²) in [7, 11) is 0. The van der Waals surface area contributed by atoms with E-state index in [1.54, 1.807) is 18.4 Å². The number of thioether (sulfide) groups is 1. The minimum absolute atomic E-state index is 0.118. The van der Waals surface area contributed by atoms with E-state index in [1.165, 1.54) is 11.8 Å². The van der Waals surface area contributed by atoms with Crippen molar-refractivity contribution in [3.63, 3.8) is 0 Å². The fourth-order valence-corrected chi connectivity index (χ4v) is 3.10. The Kier molecular flexibility index (Phi) is 5.95. The minimum Gasteiger partial charge on any atom is -0.467 e. The number of amides is 1. The monoisotopic (exact) mass is 368 g/mol. The number of anilines is 1. The standard InChI is InChI=1S/C15H17ClN4O3S/c16-12-8-13(20-3-6-22-7-4-20)19-15(18-12)24-10-14(21)17-9-11-2-1-5-23-11/h1-2,5,8H,3-4,6-7,9-10H2,(H,17,21). The Balaban J connectivity index is 1.54. The molecule has 0 aliphatic carbocycles. The van der Waals surface area contributed by atoms with Crippen LogP contribution in [0.1, 0.15) is 5.76 Å². The third-order valence-corrected chi connectivity index (χ3v) is 4.41. The Morgan fingerprint density at radius 1 is 1.38 bits per heavy atom. The number of furan rings is 1. The highest BCUT2D eigenvalue weighted by molar-refractivity contribution is 7.99. The van der Waals surface area contributed by atoms with Crippen molar-refractivity contribution in [3.8, 4) is 0 Å². The first-order chi connectivity index (χ1) is 11.7. The molecule has 1 aliphatic heterocycles. The van der Waals surface area contributed by atoms with E-state index in [2.05, 4.69) is 20.2 Å². The smallest absolute Gasteiger partial charge is 0.230 e. The van der Waals surface area contributed by atoms with Gasteiger partial charge in [-0.05, 0) is 12.1 Å². The van der Waals surface area contributed by atoms with Crippen LogP contribution in [0, 0.1) is 0 Å². The van der Waals surface area contributed by atoms with Crippen LogP contribution in [-0.4, -0.2) is 47.9 Å². The minimum atomic E-state index is -0.118. The number of morpholine rings is 1. The molecule has 0 unspecified atom stereocenters. The number of ether oxygens (including phenoxy) is 1. The van der Waals surface area contributed by atoms with E-state index in [4.69, 9.17) is 20.8 Å². The van der Waals surface area contributed by atoms with E-state index >= 15 is 0 Å². The van der Waals surface area contributed by atoms with Crippen LogP contribution in [0.3, 0.4) is 0 Å². The van der Waals surface area contributed by atoms with Crippen molar-refractivity contribution in [2.24, 2.45) is 0 Å². The van der Waals surface area contributed by atoms with Gasteiger partial charge in [-0.15, -0.1) is 0 Å². The van der Waals surface area contributed by atoms with Gasteiger partial charge in [-0.25, -0.2) is 9.97 Å². The van der Waals surface area contributed by atoms with Crippen LogP contribution in [0.2, 0.25) is 5.15 Å². The molecular formula is C15H17ClN4O3S. The van der Waals surface area contributed by atoms with Crippen molar-refractivity contribution in [2.75, 3.05) is 37.0 Å². The van der Waals surface area contributed by atoms with Crippen LogP contribution in [-0.2, 0) is 16.1 Å². The summed E-state index contributed by atoms with van der Waals surface area (Å²) in [6.07, 6.45) is 1.57. The third kappa shape index (κ3) is 4.86. The number of carbonyl (C=O) groups is 1. The number of carbonyl (C=O) groups excluding carboxylic acids is 1. The lowest BCUT2D eigenvalue weighted by Gasteiger charge is -2.27. The number of nitrogens with zero attached hydrogens (tertiary/aromatic N) is 3. The summed E-state index contributed by atoms with van der Waals surface area (Å²) in [6, 6.07) is 5.32. The largest absolute Gasteiger partial charge is 0.467 e. The molecule has 0 radical (unpaired) electrons. The van der Waals surface area contributed by atoms with Gasteiger partial charge in [-0.1, -0.05) is 23.4 Å². The summed E-state index contributed by atoms with van der Waals surface area (Å²) >= 11 is 7.33.